The van der Waals surface area contributed by atoms with Gasteiger partial charge in [0.15, 0.2) is 0 Å². The number of carbonyl (C=O) groups excluding carboxylic acids is 1. The molecular formula is C12H20N4O3. The van der Waals surface area contributed by atoms with Gasteiger partial charge in [-0.05, 0) is 6.42 Å². The summed E-state index contributed by atoms with van der Waals surface area (Å²) in [5.41, 5.74) is 0. The molecule has 1 aromatic rings. The average Bonchev–Trinajstić information content (AvgIpc) is 2.87. The lowest BCUT2D eigenvalue weighted by atomic mass is 10.1. The molecule has 4 N–H and O–H groups in total. The summed E-state index contributed by atoms with van der Waals surface area (Å²) in [5, 5.41) is 14.0. The Bertz CT molecular complexity index is 392. The molecule has 0 aliphatic rings. The first kappa shape index (κ1) is 15.0. The van der Waals surface area contributed by atoms with E-state index in [0.29, 0.717) is 19.4 Å². The van der Waals surface area contributed by atoms with Crippen LogP contribution in [0.3, 0.4) is 0 Å². The molecule has 0 aliphatic heterocycles. The smallest absolute Gasteiger partial charge is 0.326 e. The molecule has 2 amide bonds. The number of carbonyl (C=O) groups is 2. The molecule has 1 heterocycles. The molecule has 0 aromatic carbocycles. The lowest BCUT2D eigenvalue weighted by molar-refractivity contribution is -0.139. The molecule has 0 saturated carbocycles. The highest BCUT2D eigenvalue weighted by Crippen LogP contribution is 2.00. The van der Waals surface area contributed by atoms with Crippen molar-refractivity contribution >= 4 is 12.0 Å². The molecule has 0 saturated heterocycles. The number of aromatic nitrogens is 2. The Kier molecular flexibility index (Phi) is 6.42. The quantitative estimate of drug-likeness (QED) is 0.561. The molecule has 1 atom stereocenters. The van der Waals surface area contributed by atoms with Crippen LogP contribution in [0.15, 0.2) is 12.4 Å². The van der Waals surface area contributed by atoms with Gasteiger partial charge < -0.3 is 20.7 Å². The van der Waals surface area contributed by atoms with E-state index in [1.165, 1.54) is 0 Å². The summed E-state index contributed by atoms with van der Waals surface area (Å²) in [6.45, 7) is 2.38. The third-order valence-corrected chi connectivity index (χ3v) is 2.65. The number of hydrogen-bond acceptors (Lipinski definition) is 3. The fraction of sp³-hybridized carbons (Fsp3) is 0.583. The van der Waals surface area contributed by atoms with Gasteiger partial charge in [0.25, 0.3) is 0 Å². The highest BCUT2D eigenvalue weighted by Gasteiger charge is 2.18. The van der Waals surface area contributed by atoms with Gasteiger partial charge in [-0.15, -0.1) is 0 Å². The summed E-state index contributed by atoms with van der Waals surface area (Å²) in [6.07, 6.45) is 6.03. The van der Waals surface area contributed by atoms with Gasteiger partial charge in [0.2, 0.25) is 0 Å². The standard InChI is InChI=1S/C12H20N4O3/c1-2-3-4-9(11(17)18)16-12(19)15-6-5-10-13-7-8-14-10/h7-9H,2-6H2,1H3,(H,13,14)(H,17,18)(H2,15,16,19)/t9-/m0/s1. The molecule has 7 heteroatoms. The molecule has 0 unspecified atom stereocenters. The molecule has 0 spiro atoms. The van der Waals surface area contributed by atoms with E-state index in [9.17, 15) is 9.59 Å². The van der Waals surface area contributed by atoms with Crippen molar-refractivity contribution in [3.05, 3.63) is 18.2 Å². The minimum Gasteiger partial charge on any atom is -0.480 e. The molecule has 1 aromatic heterocycles. The van der Waals surface area contributed by atoms with Gasteiger partial charge in [-0.3, -0.25) is 0 Å². The van der Waals surface area contributed by atoms with E-state index in [1.807, 2.05) is 6.92 Å². The summed E-state index contributed by atoms with van der Waals surface area (Å²) in [5.74, 6) is -0.226. The predicted molar refractivity (Wildman–Crippen MR) is 69.8 cm³/mol. The van der Waals surface area contributed by atoms with Crippen LogP contribution in [0.5, 0.6) is 0 Å². The van der Waals surface area contributed by atoms with Gasteiger partial charge in [-0.2, -0.15) is 0 Å². The van der Waals surface area contributed by atoms with E-state index in [1.54, 1.807) is 12.4 Å². The molecular weight excluding hydrogens is 248 g/mol. The van der Waals surface area contributed by atoms with Crippen LogP contribution in [-0.4, -0.2) is 39.7 Å². The van der Waals surface area contributed by atoms with Crippen LogP contribution in [0.25, 0.3) is 0 Å². The number of nitrogens with one attached hydrogen (secondary N) is 3. The van der Waals surface area contributed by atoms with E-state index in [4.69, 9.17) is 5.11 Å². The van der Waals surface area contributed by atoms with Crippen molar-refractivity contribution in [2.24, 2.45) is 0 Å². The third kappa shape index (κ3) is 5.89. The topological polar surface area (TPSA) is 107 Å². The van der Waals surface area contributed by atoms with Gasteiger partial charge in [0.05, 0.1) is 0 Å². The van der Waals surface area contributed by atoms with E-state index in [0.717, 1.165) is 18.7 Å². The molecule has 7 nitrogen and oxygen atoms in total. The summed E-state index contributed by atoms with van der Waals surface area (Å²) in [4.78, 5) is 29.4. The summed E-state index contributed by atoms with van der Waals surface area (Å²) in [6, 6.07) is -1.29. The van der Waals surface area contributed by atoms with Crippen molar-refractivity contribution in [3.8, 4) is 0 Å². The van der Waals surface area contributed by atoms with E-state index in [2.05, 4.69) is 20.6 Å². The normalized spacial score (nSPS) is 11.8. The number of hydrogen-bond donors (Lipinski definition) is 4. The number of carboxylic acids is 1. The second kappa shape index (κ2) is 8.12. The minimum atomic E-state index is -1.00. The number of imidazole rings is 1. The zero-order valence-electron chi connectivity index (χ0n) is 11.0. The van der Waals surface area contributed by atoms with Crippen molar-refractivity contribution < 1.29 is 14.7 Å². The third-order valence-electron chi connectivity index (χ3n) is 2.65. The first-order chi connectivity index (χ1) is 9.13. The lowest BCUT2D eigenvalue weighted by Gasteiger charge is -2.14. The number of urea groups is 1. The number of carboxylic acid groups (broad SMARTS) is 1. The Balaban J connectivity index is 2.25. The maximum atomic E-state index is 11.5. The Morgan fingerprint density at radius 3 is 2.89 bits per heavy atom. The van der Waals surface area contributed by atoms with Crippen molar-refractivity contribution in [1.29, 1.82) is 0 Å². The molecule has 1 rings (SSSR count). The van der Waals surface area contributed by atoms with Crippen molar-refractivity contribution in [2.75, 3.05) is 6.54 Å². The van der Waals surface area contributed by atoms with Crippen molar-refractivity contribution in [1.82, 2.24) is 20.6 Å². The molecule has 0 radical (unpaired) electrons. The Morgan fingerprint density at radius 1 is 1.53 bits per heavy atom. The van der Waals surface area contributed by atoms with Gasteiger partial charge in [0.1, 0.15) is 11.9 Å². The molecule has 0 aliphatic carbocycles. The Hall–Kier alpha value is -2.05. The van der Waals surface area contributed by atoms with Crippen LogP contribution in [0.1, 0.15) is 32.0 Å². The Morgan fingerprint density at radius 2 is 2.32 bits per heavy atom. The van der Waals surface area contributed by atoms with Crippen LogP contribution in [-0.2, 0) is 11.2 Å². The zero-order valence-corrected chi connectivity index (χ0v) is 11.0. The van der Waals surface area contributed by atoms with E-state index in [-0.39, 0.29) is 0 Å². The number of aliphatic carboxylic acids is 1. The van der Waals surface area contributed by atoms with Crippen LogP contribution >= 0.6 is 0 Å². The van der Waals surface area contributed by atoms with Gasteiger partial charge >= 0.3 is 12.0 Å². The summed E-state index contributed by atoms with van der Waals surface area (Å²) in [7, 11) is 0. The van der Waals surface area contributed by atoms with Crippen LogP contribution in [0, 0.1) is 0 Å². The first-order valence-electron chi connectivity index (χ1n) is 6.39. The van der Waals surface area contributed by atoms with Crippen LogP contribution in [0.2, 0.25) is 0 Å². The molecule has 0 bridgehead atoms. The van der Waals surface area contributed by atoms with Gasteiger partial charge in [-0.25, -0.2) is 14.6 Å². The number of rotatable bonds is 8. The molecule has 106 valence electrons. The second-order valence-electron chi connectivity index (χ2n) is 4.22. The number of nitrogens with zero attached hydrogens (tertiary/aromatic N) is 1. The average molecular weight is 268 g/mol. The van der Waals surface area contributed by atoms with Crippen LogP contribution in [0.4, 0.5) is 4.79 Å². The van der Waals surface area contributed by atoms with Crippen molar-refractivity contribution in [2.45, 2.75) is 38.6 Å². The lowest BCUT2D eigenvalue weighted by Crippen LogP contribution is -2.46. The molecule has 0 fully saturated rings. The van der Waals surface area contributed by atoms with E-state index >= 15 is 0 Å². The van der Waals surface area contributed by atoms with Crippen LogP contribution < -0.4 is 10.6 Å². The maximum absolute atomic E-state index is 11.5. The van der Waals surface area contributed by atoms with Crippen molar-refractivity contribution in [3.63, 3.8) is 0 Å². The minimum absolute atomic E-state index is 0.402. The SMILES string of the molecule is CCCC[C@H](NC(=O)NCCc1ncc[nH]1)C(=O)O. The fourth-order valence-electron chi connectivity index (χ4n) is 1.60. The number of aromatic amines is 1. The summed E-state index contributed by atoms with van der Waals surface area (Å²) >= 11 is 0. The Labute approximate surface area is 111 Å². The molecule has 19 heavy (non-hydrogen) atoms. The predicted octanol–water partition coefficient (Wildman–Crippen LogP) is 0.895. The highest BCUT2D eigenvalue weighted by molar-refractivity contribution is 5.82. The summed E-state index contributed by atoms with van der Waals surface area (Å²) < 4.78 is 0. The number of amides is 2. The fourth-order valence-corrected chi connectivity index (χ4v) is 1.60. The number of H-pyrrole nitrogens is 1. The highest BCUT2D eigenvalue weighted by atomic mass is 16.4. The first-order valence-corrected chi connectivity index (χ1v) is 6.39. The number of unbranched alkanes of at least 4 members (excludes halogenated alkanes) is 1. The van der Waals surface area contributed by atoms with E-state index < -0.39 is 18.0 Å². The van der Waals surface area contributed by atoms with Gasteiger partial charge in [-0.1, -0.05) is 19.8 Å². The largest absolute Gasteiger partial charge is 0.480 e. The second-order valence-corrected chi connectivity index (χ2v) is 4.22. The van der Waals surface area contributed by atoms with Gasteiger partial charge in [0, 0.05) is 25.4 Å². The monoisotopic (exact) mass is 268 g/mol. The zero-order chi connectivity index (χ0) is 14.1. The maximum Gasteiger partial charge on any atom is 0.326 e.